The molecule has 2 aromatic carbocycles. The van der Waals surface area contributed by atoms with Gasteiger partial charge in [-0.3, -0.25) is 4.79 Å². The zero-order valence-electron chi connectivity index (χ0n) is 13.4. The van der Waals surface area contributed by atoms with Crippen molar-refractivity contribution in [1.82, 2.24) is 10.3 Å². The number of hydrogen-bond acceptors (Lipinski definition) is 3. The molecule has 0 unspecified atom stereocenters. The number of rotatable bonds is 5. The molecule has 6 heteroatoms. The number of para-hydroxylation sites is 1. The summed E-state index contributed by atoms with van der Waals surface area (Å²) in [5.41, 5.74) is 1.67. The summed E-state index contributed by atoms with van der Waals surface area (Å²) >= 11 is 0. The summed E-state index contributed by atoms with van der Waals surface area (Å²) in [7, 11) is 3.10. The maximum atomic E-state index is 13.7. The van der Waals surface area contributed by atoms with Gasteiger partial charge in [0.25, 0.3) is 5.91 Å². The fourth-order valence-corrected chi connectivity index (χ4v) is 2.60. The van der Waals surface area contributed by atoms with E-state index in [0.29, 0.717) is 28.1 Å². The van der Waals surface area contributed by atoms with Gasteiger partial charge in [0, 0.05) is 23.0 Å². The molecule has 0 radical (unpaired) electrons. The normalized spacial score (nSPS) is 10.6. The van der Waals surface area contributed by atoms with E-state index in [-0.39, 0.29) is 18.3 Å². The number of hydrogen-bond donors (Lipinski definition) is 2. The molecular formula is C18H17FN2O3. The number of ether oxygens (including phenoxy) is 2. The number of aromatic amines is 1. The highest BCUT2D eigenvalue weighted by Gasteiger charge is 2.14. The maximum Gasteiger partial charge on any atom is 0.268 e. The Morgan fingerprint density at radius 1 is 1.17 bits per heavy atom. The zero-order valence-corrected chi connectivity index (χ0v) is 13.4. The van der Waals surface area contributed by atoms with Gasteiger partial charge in [-0.2, -0.15) is 0 Å². The van der Waals surface area contributed by atoms with Crippen LogP contribution in [0.15, 0.2) is 42.5 Å². The summed E-state index contributed by atoms with van der Waals surface area (Å²) in [6.45, 7) is 0.261. The molecule has 1 aromatic heterocycles. The number of benzene rings is 2. The van der Waals surface area contributed by atoms with Gasteiger partial charge in [0.2, 0.25) is 0 Å². The highest BCUT2D eigenvalue weighted by atomic mass is 19.1. The molecule has 3 aromatic rings. The van der Waals surface area contributed by atoms with Crippen LogP contribution in [-0.4, -0.2) is 25.1 Å². The van der Waals surface area contributed by atoms with Gasteiger partial charge >= 0.3 is 0 Å². The van der Waals surface area contributed by atoms with Crippen LogP contribution in [0.2, 0.25) is 0 Å². The molecule has 0 fully saturated rings. The van der Waals surface area contributed by atoms with E-state index in [4.69, 9.17) is 9.47 Å². The van der Waals surface area contributed by atoms with Crippen molar-refractivity contribution < 1.29 is 18.7 Å². The lowest BCUT2D eigenvalue weighted by Gasteiger charge is -2.12. The number of nitrogens with one attached hydrogen (secondary N) is 2. The first kappa shape index (κ1) is 15.9. The zero-order chi connectivity index (χ0) is 17.1. The largest absolute Gasteiger partial charge is 0.493 e. The van der Waals surface area contributed by atoms with E-state index in [1.54, 1.807) is 32.4 Å². The second kappa shape index (κ2) is 6.62. The Hall–Kier alpha value is -3.02. The standard InChI is InChI=1S/C18H17FN2O3/c1-23-16-8-3-5-11(17(16)24-2)10-20-18(22)15-9-12-13(19)6-4-7-14(12)21-15/h3-9,21H,10H2,1-2H3,(H,20,22). The van der Waals surface area contributed by atoms with E-state index in [9.17, 15) is 9.18 Å². The van der Waals surface area contributed by atoms with E-state index >= 15 is 0 Å². The number of fused-ring (bicyclic) bond motifs is 1. The van der Waals surface area contributed by atoms with Crippen LogP contribution in [0.1, 0.15) is 16.1 Å². The van der Waals surface area contributed by atoms with Gasteiger partial charge in [0.1, 0.15) is 11.5 Å². The number of halogens is 1. The first-order valence-electron chi connectivity index (χ1n) is 7.39. The molecule has 1 amide bonds. The van der Waals surface area contributed by atoms with Gasteiger partial charge in [-0.25, -0.2) is 4.39 Å². The van der Waals surface area contributed by atoms with Crippen LogP contribution in [0.25, 0.3) is 10.9 Å². The minimum Gasteiger partial charge on any atom is -0.493 e. The van der Waals surface area contributed by atoms with E-state index in [2.05, 4.69) is 10.3 Å². The Morgan fingerprint density at radius 2 is 1.96 bits per heavy atom. The fourth-order valence-electron chi connectivity index (χ4n) is 2.60. The first-order valence-corrected chi connectivity index (χ1v) is 7.39. The quantitative estimate of drug-likeness (QED) is 0.756. The maximum absolute atomic E-state index is 13.7. The topological polar surface area (TPSA) is 63.3 Å². The van der Waals surface area contributed by atoms with E-state index in [1.165, 1.54) is 12.1 Å². The Balaban J connectivity index is 1.79. The van der Waals surface area contributed by atoms with Gasteiger partial charge in [-0.05, 0) is 24.3 Å². The number of aromatic nitrogens is 1. The highest BCUT2D eigenvalue weighted by Crippen LogP contribution is 2.30. The van der Waals surface area contributed by atoms with Crippen LogP contribution in [-0.2, 0) is 6.54 Å². The summed E-state index contributed by atoms with van der Waals surface area (Å²) in [4.78, 5) is 15.2. The number of H-pyrrole nitrogens is 1. The lowest BCUT2D eigenvalue weighted by atomic mass is 10.2. The number of methoxy groups -OCH3 is 2. The Morgan fingerprint density at radius 3 is 2.67 bits per heavy atom. The molecule has 0 saturated heterocycles. The molecule has 3 rings (SSSR count). The van der Waals surface area contributed by atoms with Crippen LogP contribution in [0.4, 0.5) is 4.39 Å². The molecule has 1 heterocycles. The summed E-state index contributed by atoms with van der Waals surface area (Å²) in [5.74, 6) is 0.479. The highest BCUT2D eigenvalue weighted by molar-refractivity contribution is 5.98. The van der Waals surface area contributed by atoms with Crippen LogP contribution in [0.5, 0.6) is 11.5 Å². The fraction of sp³-hybridized carbons (Fsp3) is 0.167. The molecule has 0 spiro atoms. The average Bonchev–Trinajstić information content (AvgIpc) is 3.05. The summed E-state index contributed by atoms with van der Waals surface area (Å²) < 4.78 is 24.3. The van der Waals surface area contributed by atoms with Gasteiger partial charge in [0.05, 0.1) is 14.2 Å². The number of carbonyl (C=O) groups excluding carboxylic acids is 1. The molecular weight excluding hydrogens is 311 g/mol. The first-order chi connectivity index (χ1) is 11.6. The van der Waals surface area contributed by atoms with E-state index in [1.807, 2.05) is 12.1 Å². The second-order valence-corrected chi connectivity index (χ2v) is 5.22. The minimum absolute atomic E-state index is 0.261. The smallest absolute Gasteiger partial charge is 0.268 e. The Labute approximate surface area is 138 Å². The third-order valence-corrected chi connectivity index (χ3v) is 3.78. The van der Waals surface area contributed by atoms with Crippen molar-refractivity contribution in [2.24, 2.45) is 0 Å². The SMILES string of the molecule is COc1cccc(CNC(=O)c2cc3c(F)cccc3[nH]2)c1OC. The van der Waals surface area contributed by atoms with E-state index < -0.39 is 0 Å². The van der Waals surface area contributed by atoms with Crippen molar-refractivity contribution in [3.05, 3.63) is 59.5 Å². The monoisotopic (exact) mass is 328 g/mol. The lowest BCUT2D eigenvalue weighted by Crippen LogP contribution is -2.23. The second-order valence-electron chi connectivity index (χ2n) is 5.22. The minimum atomic E-state index is -0.364. The summed E-state index contributed by atoms with van der Waals surface area (Å²) in [6, 6.07) is 11.6. The van der Waals surface area contributed by atoms with Crippen molar-refractivity contribution >= 4 is 16.8 Å². The van der Waals surface area contributed by atoms with Crippen LogP contribution >= 0.6 is 0 Å². The molecule has 0 aliphatic heterocycles. The van der Waals surface area contributed by atoms with Crippen molar-refractivity contribution in [2.75, 3.05) is 14.2 Å². The van der Waals surface area contributed by atoms with Crippen molar-refractivity contribution in [2.45, 2.75) is 6.54 Å². The van der Waals surface area contributed by atoms with Crippen LogP contribution in [0.3, 0.4) is 0 Å². The van der Waals surface area contributed by atoms with Gasteiger partial charge < -0.3 is 19.8 Å². The Bertz CT molecular complexity index is 889. The molecule has 0 bridgehead atoms. The van der Waals surface area contributed by atoms with Crippen molar-refractivity contribution in [3.63, 3.8) is 0 Å². The van der Waals surface area contributed by atoms with Crippen molar-refractivity contribution in [3.8, 4) is 11.5 Å². The van der Waals surface area contributed by atoms with Gasteiger partial charge in [-0.15, -0.1) is 0 Å². The molecule has 0 atom stereocenters. The van der Waals surface area contributed by atoms with Gasteiger partial charge in [0.15, 0.2) is 11.5 Å². The predicted octanol–water partition coefficient (Wildman–Crippen LogP) is 3.25. The molecule has 0 aliphatic carbocycles. The average molecular weight is 328 g/mol. The molecule has 5 nitrogen and oxygen atoms in total. The summed E-state index contributed by atoms with van der Waals surface area (Å²) in [5, 5.41) is 3.18. The van der Waals surface area contributed by atoms with Gasteiger partial charge in [-0.1, -0.05) is 18.2 Å². The molecule has 0 saturated carbocycles. The third kappa shape index (κ3) is 2.90. The number of carbonyl (C=O) groups is 1. The number of amides is 1. The van der Waals surface area contributed by atoms with Crippen molar-refractivity contribution in [1.29, 1.82) is 0 Å². The molecule has 0 aliphatic rings. The van der Waals surface area contributed by atoms with Crippen LogP contribution in [0, 0.1) is 5.82 Å². The molecule has 2 N–H and O–H groups in total. The third-order valence-electron chi connectivity index (χ3n) is 3.78. The summed E-state index contributed by atoms with van der Waals surface area (Å²) in [6.07, 6.45) is 0. The predicted molar refractivity (Wildman–Crippen MR) is 89.0 cm³/mol. The van der Waals surface area contributed by atoms with E-state index in [0.717, 1.165) is 5.56 Å². The lowest BCUT2D eigenvalue weighted by molar-refractivity contribution is 0.0946. The molecule has 124 valence electrons. The molecule has 24 heavy (non-hydrogen) atoms. The van der Waals surface area contributed by atoms with Crippen LogP contribution < -0.4 is 14.8 Å². The Kier molecular flexibility index (Phi) is 4.37.